The number of anilines is 1. The van der Waals surface area contributed by atoms with Crippen LogP contribution < -0.4 is 5.73 Å². The summed E-state index contributed by atoms with van der Waals surface area (Å²) in [4.78, 5) is 7.31. The molecule has 2 aromatic rings. The first kappa shape index (κ1) is 11.6. The molecule has 0 fully saturated rings. The minimum atomic E-state index is -4.47. The van der Waals surface area contributed by atoms with Crippen LogP contribution in [0.4, 0.5) is 19.0 Å². The molecule has 0 aliphatic rings. The average Bonchev–Trinajstić information content (AvgIpc) is 2.70. The number of hydrogen-bond acceptors (Lipinski definition) is 4. The Balaban J connectivity index is 2.48. The molecule has 0 saturated heterocycles. The van der Waals surface area contributed by atoms with Crippen molar-refractivity contribution in [3.05, 3.63) is 29.3 Å². The molecule has 0 saturated carbocycles. The number of nitrogens with two attached hydrogens (primary N) is 1. The third-order valence-corrected chi connectivity index (χ3v) is 2.29. The first-order chi connectivity index (χ1) is 7.89. The number of nitrogen functional groups attached to an aromatic ring is 1. The van der Waals surface area contributed by atoms with Crippen LogP contribution in [0, 0.1) is 0 Å². The molecular weight excluding hydrogens is 259 g/mol. The standard InChI is InChI=1S/C8H5ClF3N5/c9-5-6(13)14-3-15-7(5)17-2-4(1-16-17)8(10,11)12/h1-3H,(H2,13,14,15). The van der Waals surface area contributed by atoms with Crippen molar-refractivity contribution >= 4 is 17.4 Å². The normalized spacial score (nSPS) is 11.8. The van der Waals surface area contributed by atoms with Crippen molar-refractivity contribution in [2.45, 2.75) is 6.18 Å². The predicted octanol–water partition coefficient (Wildman–Crippen LogP) is 1.92. The molecule has 0 aromatic carbocycles. The Morgan fingerprint density at radius 1 is 1.29 bits per heavy atom. The lowest BCUT2D eigenvalue weighted by molar-refractivity contribution is -0.137. The van der Waals surface area contributed by atoms with Crippen molar-refractivity contribution in [1.29, 1.82) is 0 Å². The first-order valence-corrected chi connectivity index (χ1v) is 4.65. The van der Waals surface area contributed by atoms with E-state index < -0.39 is 11.7 Å². The van der Waals surface area contributed by atoms with Crippen LogP contribution in [0.5, 0.6) is 0 Å². The van der Waals surface area contributed by atoms with Crippen LogP contribution in [0.1, 0.15) is 5.56 Å². The number of halogens is 4. The molecule has 0 unspecified atom stereocenters. The summed E-state index contributed by atoms with van der Waals surface area (Å²) < 4.78 is 38.0. The van der Waals surface area contributed by atoms with Gasteiger partial charge < -0.3 is 5.73 Å². The second kappa shape index (κ2) is 3.88. The summed E-state index contributed by atoms with van der Waals surface area (Å²) in [5, 5.41) is 3.47. The van der Waals surface area contributed by atoms with E-state index >= 15 is 0 Å². The van der Waals surface area contributed by atoms with Crippen LogP contribution in [0.3, 0.4) is 0 Å². The maximum Gasteiger partial charge on any atom is 0.419 e. The molecular formula is C8H5ClF3N5. The van der Waals surface area contributed by atoms with Gasteiger partial charge >= 0.3 is 6.18 Å². The molecule has 5 nitrogen and oxygen atoms in total. The third-order valence-electron chi connectivity index (χ3n) is 1.92. The largest absolute Gasteiger partial charge is 0.419 e. The van der Waals surface area contributed by atoms with E-state index in [2.05, 4.69) is 15.1 Å². The van der Waals surface area contributed by atoms with E-state index in [1.165, 1.54) is 0 Å². The molecule has 2 heterocycles. The minimum absolute atomic E-state index is 0.00494. The van der Waals surface area contributed by atoms with E-state index in [1.54, 1.807) is 0 Å². The van der Waals surface area contributed by atoms with Gasteiger partial charge in [0.05, 0.1) is 11.8 Å². The Morgan fingerprint density at radius 3 is 2.59 bits per heavy atom. The smallest absolute Gasteiger partial charge is 0.382 e. The SMILES string of the molecule is Nc1ncnc(-n2cc(C(F)(F)F)cn2)c1Cl. The van der Waals surface area contributed by atoms with Crippen molar-refractivity contribution in [1.82, 2.24) is 19.7 Å². The monoisotopic (exact) mass is 263 g/mol. The van der Waals surface area contributed by atoms with Gasteiger partial charge in [-0.15, -0.1) is 0 Å². The lowest BCUT2D eigenvalue weighted by atomic mass is 10.3. The summed E-state index contributed by atoms with van der Waals surface area (Å²) >= 11 is 5.76. The molecule has 0 radical (unpaired) electrons. The van der Waals surface area contributed by atoms with Crippen LogP contribution in [0.15, 0.2) is 18.7 Å². The zero-order chi connectivity index (χ0) is 12.6. The van der Waals surface area contributed by atoms with Crippen molar-refractivity contribution in [3.8, 4) is 5.82 Å². The first-order valence-electron chi connectivity index (χ1n) is 4.28. The zero-order valence-electron chi connectivity index (χ0n) is 8.11. The van der Waals surface area contributed by atoms with Gasteiger partial charge in [0.1, 0.15) is 17.2 Å². The fourth-order valence-electron chi connectivity index (χ4n) is 1.12. The Bertz CT molecular complexity index is 550. The van der Waals surface area contributed by atoms with Gasteiger partial charge in [-0.05, 0) is 0 Å². The van der Waals surface area contributed by atoms with E-state index in [0.29, 0.717) is 6.20 Å². The van der Waals surface area contributed by atoms with Gasteiger partial charge in [-0.25, -0.2) is 14.6 Å². The van der Waals surface area contributed by atoms with Gasteiger partial charge in [-0.2, -0.15) is 18.3 Å². The molecule has 2 rings (SSSR count). The predicted molar refractivity (Wildman–Crippen MR) is 53.6 cm³/mol. The quantitative estimate of drug-likeness (QED) is 0.853. The minimum Gasteiger partial charge on any atom is -0.382 e. The molecule has 0 bridgehead atoms. The summed E-state index contributed by atoms with van der Waals surface area (Å²) in [5.74, 6) is -0.0320. The molecule has 0 aliphatic carbocycles. The molecule has 0 atom stereocenters. The summed E-state index contributed by atoms with van der Waals surface area (Å²) in [6.45, 7) is 0. The highest BCUT2D eigenvalue weighted by Crippen LogP contribution is 2.30. The molecule has 9 heteroatoms. The third kappa shape index (κ3) is 2.16. The highest BCUT2D eigenvalue weighted by molar-refractivity contribution is 6.34. The Labute approximate surface area is 98.0 Å². The molecule has 2 aromatic heterocycles. The van der Waals surface area contributed by atoms with Crippen LogP contribution in [0.2, 0.25) is 5.02 Å². The lowest BCUT2D eigenvalue weighted by Crippen LogP contribution is -2.05. The highest BCUT2D eigenvalue weighted by atomic mass is 35.5. The lowest BCUT2D eigenvalue weighted by Gasteiger charge is -2.04. The maximum atomic E-state index is 12.4. The molecule has 0 amide bonds. The van der Waals surface area contributed by atoms with E-state index in [9.17, 15) is 13.2 Å². The molecule has 0 spiro atoms. The Hall–Kier alpha value is -1.83. The van der Waals surface area contributed by atoms with Gasteiger partial charge in [0.25, 0.3) is 0 Å². The zero-order valence-corrected chi connectivity index (χ0v) is 8.87. The van der Waals surface area contributed by atoms with Crippen molar-refractivity contribution in [2.75, 3.05) is 5.73 Å². The van der Waals surface area contributed by atoms with Crippen LogP contribution in [-0.4, -0.2) is 19.7 Å². The fourth-order valence-corrected chi connectivity index (χ4v) is 1.30. The van der Waals surface area contributed by atoms with Crippen LogP contribution in [-0.2, 0) is 6.18 Å². The van der Waals surface area contributed by atoms with E-state index in [1.807, 2.05) is 0 Å². The number of nitrogens with zero attached hydrogens (tertiary/aromatic N) is 4. The maximum absolute atomic E-state index is 12.4. The van der Waals surface area contributed by atoms with E-state index in [4.69, 9.17) is 17.3 Å². The van der Waals surface area contributed by atoms with Gasteiger partial charge in [0.15, 0.2) is 5.82 Å². The Morgan fingerprint density at radius 2 is 2.00 bits per heavy atom. The Kier molecular flexibility index (Phi) is 2.66. The van der Waals surface area contributed by atoms with Gasteiger partial charge in [0.2, 0.25) is 0 Å². The number of rotatable bonds is 1. The topological polar surface area (TPSA) is 69.6 Å². The summed E-state index contributed by atoms with van der Waals surface area (Å²) in [6, 6.07) is 0. The molecule has 17 heavy (non-hydrogen) atoms. The van der Waals surface area contributed by atoms with Gasteiger partial charge in [0, 0.05) is 6.20 Å². The number of hydrogen-bond donors (Lipinski definition) is 1. The van der Waals surface area contributed by atoms with E-state index in [0.717, 1.165) is 17.2 Å². The van der Waals surface area contributed by atoms with Crippen molar-refractivity contribution in [3.63, 3.8) is 0 Å². The highest BCUT2D eigenvalue weighted by Gasteiger charge is 2.32. The van der Waals surface area contributed by atoms with Crippen molar-refractivity contribution in [2.24, 2.45) is 0 Å². The van der Waals surface area contributed by atoms with Crippen LogP contribution >= 0.6 is 11.6 Å². The summed E-state index contributed by atoms with van der Waals surface area (Å²) in [6.07, 6.45) is -1.93. The second-order valence-corrected chi connectivity index (χ2v) is 3.45. The number of alkyl halides is 3. The van der Waals surface area contributed by atoms with Crippen LogP contribution in [0.25, 0.3) is 5.82 Å². The number of aromatic nitrogens is 4. The summed E-state index contributed by atoms with van der Waals surface area (Å²) in [5.41, 5.74) is 4.51. The summed E-state index contributed by atoms with van der Waals surface area (Å²) in [7, 11) is 0. The molecule has 2 N–H and O–H groups in total. The van der Waals surface area contributed by atoms with Gasteiger partial charge in [-0.1, -0.05) is 11.6 Å². The van der Waals surface area contributed by atoms with Gasteiger partial charge in [-0.3, -0.25) is 0 Å². The van der Waals surface area contributed by atoms with Crippen molar-refractivity contribution < 1.29 is 13.2 Å². The molecule has 0 aliphatic heterocycles. The molecule has 90 valence electrons. The van der Waals surface area contributed by atoms with E-state index in [-0.39, 0.29) is 16.7 Å². The second-order valence-electron chi connectivity index (χ2n) is 3.07. The fraction of sp³-hybridized carbons (Fsp3) is 0.125. The average molecular weight is 264 g/mol.